The van der Waals surface area contributed by atoms with Gasteiger partial charge in [-0.3, -0.25) is 0 Å². The molecule has 0 heterocycles. The van der Waals surface area contributed by atoms with Crippen LogP contribution in [0.5, 0.6) is 5.75 Å². The molecule has 0 radical (unpaired) electrons. The molecule has 4 heteroatoms. The van der Waals surface area contributed by atoms with Gasteiger partial charge in [0.15, 0.2) is 0 Å². The highest BCUT2D eigenvalue weighted by Crippen LogP contribution is 2.25. The molecule has 3 rings (SSSR count). The smallest absolute Gasteiger partial charge is 0.124 e. The molecule has 0 bridgehead atoms. The summed E-state index contributed by atoms with van der Waals surface area (Å²) in [6.45, 7) is 1.40. The number of nitrogens with one attached hydrogen (secondary N) is 1. The van der Waals surface area contributed by atoms with Gasteiger partial charge < -0.3 is 10.1 Å². The molecule has 1 N–H and O–H groups in total. The molecule has 1 fully saturated rings. The Balaban J connectivity index is 1.62. The third kappa shape index (κ3) is 5.23. The fourth-order valence-corrected chi connectivity index (χ4v) is 3.66. The van der Waals surface area contributed by atoms with E-state index in [1.165, 1.54) is 37.7 Å². The SMILES string of the molecule is Clc1ccc(COc2ccc(Br)cc2CNC2CCCCC2)cc1. The Hall–Kier alpha value is -1.03. The fourth-order valence-electron chi connectivity index (χ4n) is 3.13. The fraction of sp³-hybridized carbons (Fsp3) is 0.400. The largest absolute Gasteiger partial charge is 0.489 e. The average Bonchev–Trinajstić information content (AvgIpc) is 2.61. The standard InChI is InChI=1S/C20H23BrClNO/c21-17-8-11-20(24-14-15-6-9-18(22)10-7-15)16(12-17)13-23-19-4-2-1-3-5-19/h6-12,19,23H,1-5,13-14H2. The number of rotatable bonds is 6. The topological polar surface area (TPSA) is 21.3 Å². The zero-order valence-corrected chi connectivity index (χ0v) is 16.1. The summed E-state index contributed by atoms with van der Waals surface area (Å²) in [5.41, 5.74) is 2.32. The van der Waals surface area contributed by atoms with Crippen LogP contribution in [0.3, 0.4) is 0 Å². The molecule has 0 atom stereocenters. The molecular formula is C20H23BrClNO. The molecule has 1 aliphatic carbocycles. The second-order valence-corrected chi connectivity index (χ2v) is 7.74. The van der Waals surface area contributed by atoms with Crippen LogP contribution in [0, 0.1) is 0 Å². The summed E-state index contributed by atoms with van der Waals surface area (Å²) in [7, 11) is 0. The van der Waals surface area contributed by atoms with Crippen LogP contribution >= 0.6 is 27.5 Å². The first kappa shape index (κ1) is 17.8. The van der Waals surface area contributed by atoms with Gasteiger partial charge in [0.25, 0.3) is 0 Å². The highest BCUT2D eigenvalue weighted by molar-refractivity contribution is 9.10. The Bertz CT molecular complexity index is 653. The van der Waals surface area contributed by atoms with Crippen molar-refractivity contribution in [1.29, 1.82) is 0 Å². The highest BCUT2D eigenvalue weighted by Gasteiger charge is 2.14. The molecular weight excluding hydrogens is 386 g/mol. The molecule has 24 heavy (non-hydrogen) atoms. The Labute approximate surface area is 157 Å². The summed E-state index contributed by atoms with van der Waals surface area (Å²) in [6, 6.07) is 14.6. The van der Waals surface area contributed by atoms with Gasteiger partial charge >= 0.3 is 0 Å². The summed E-state index contributed by atoms with van der Waals surface area (Å²) in [5.74, 6) is 0.941. The van der Waals surface area contributed by atoms with E-state index in [1.807, 2.05) is 36.4 Å². The minimum Gasteiger partial charge on any atom is -0.489 e. The van der Waals surface area contributed by atoms with Crippen molar-refractivity contribution in [2.45, 2.75) is 51.3 Å². The molecule has 0 aliphatic heterocycles. The van der Waals surface area contributed by atoms with Crippen LogP contribution < -0.4 is 10.1 Å². The van der Waals surface area contributed by atoms with Gasteiger partial charge in [-0.1, -0.05) is 58.9 Å². The predicted molar refractivity (Wildman–Crippen MR) is 104 cm³/mol. The van der Waals surface area contributed by atoms with Crippen LogP contribution in [-0.4, -0.2) is 6.04 Å². The van der Waals surface area contributed by atoms with E-state index in [9.17, 15) is 0 Å². The lowest BCUT2D eigenvalue weighted by molar-refractivity contribution is 0.299. The van der Waals surface area contributed by atoms with Crippen molar-refractivity contribution in [3.63, 3.8) is 0 Å². The number of benzene rings is 2. The molecule has 1 aliphatic rings. The van der Waals surface area contributed by atoms with Crippen LogP contribution in [0.25, 0.3) is 0 Å². The molecule has 0 aromatic heterocycles. The van der Waals surface area contributed by atoms with E-state index < -0.39 is 0 Å². The molecule has 2 nitrogen and oxygen atoms in total. The molecule has 2 aromatic carbocycles. The average molecular weight is 409 g/mol. The van der Waals surface area contributed by atoms with E-state index in [0.717, 1.165) is 27.4 Å². The molecule has 0 saturated heterocycles. The second-order valence-electron chi connectivity index (χ2n) is 6.38. The number of ether oxygens (including phenoxy) is 1. The van der Waals surface area contributed by atoms with E-state index in [0.29, 0.717) is 12.6 Å². The van der Waals surface area contributed by atoms with Gasteiger partial charge in [0.2, 0.25) is 0 Å². The summed E-state index contributed by atoms with van der Waals surface area (Å²) in [4.78, 5) is 0. The summed E-state index contributed by atoms with van der Waals surface area (Å²) >= 11 is 9.50. The summed E-state index contributed by atoms with van der Waals surface area (Å²) in [5, 5.41) is 4.44. The minimum atomic E-state index is 0.551. The lowest BCUT2D eigenvalue weighted by Gasteiger charge is -2.23. The van der Waals surface area contributed by atoms with Gasteiger partial charge in [-0.05, 0) is 48.7 Å². The molecule has 0 spiro atoms. The zero-order valence-electron chi connectivity index (χ0n) is 13.7. The van der Waals surface area contributed by atoms with E-state index in [4.69, 9.17) is 16.3 Å². The normalized spacial score (nSPS) is 15.4. The van der Waals surface area contributed by atoms with Crippen molar-refractivity contribution in [1.82, 2.24) is 5.32 Å². The van der Waals surface area contributed by atoms with Crippen LogP contribution in [0.1, 0.15) is 43.2 Å². The van der Waals surface area contributed by atoms with Crippen LogP contribution in [0.15, 0.2) is 46.9 Å². The van der Waals surface area contributed by atoms with Crippen molar-refractivity contribution in [3.05, 3.63) is 63.1 Å². The predicted octanol–water partition coefficient (Wildman–Crippen LogP) is 6.10. The maximum Gasteiger partial charge on any atom is 0.124 e. The maximum absolute atomic E-state index is 6.05. The van der Waals surface area contributed by atoms with Crippen LogP contribution in [-0.2, 0) is 13.2 Å². The van der Waals surface area contributed by atoms with Crippen molar-refractivity contribution >= 4 is 27.5 Å². The Kier molecular flexibility index (Phi) is 6.59. The Morgan fingerprint density at radius 2 is 1.79 bits per heavy atom. The van der Waals surface area contributed by atoms with Gasteiger partial charge in [-0.2, -0.15) is 0 Å². The van der Waals surface area contributed by atoms with E-state index >= 15 is 0 Å². The first-order valence-corrected chi connectivity index (χ1v) is 9.77. The lowest BCUT2D eigenvalue weighted by atomic mass is 9.95. The van der Waals surface area contributed by atoms with Crippen LogP contribution in [0.4, 0.5) is 0 Å². The number of hydrogen-bond acceptors (Lipinski definition) is 2. The second kappa shape index (κ2) is 8.89. The molecule has 2 aromatic rings. The Morgan fingerprint density at radius 3 is 2.54 bits per heavy atom. The lowest BCUT2D eigenvalue weighted by Crippen LogP contribution is -2.30. The molecule has 0 amide bonds. The Morgan fingerprint density at radius 1 is 1.04 bits per heavy atom. The third-order valence-electron chi connectivity index (χ3n) is 4.52. The van der Waals surface area contributed by atoms with E-state index in [1.54, 1.807) is 0 Å². The molecule has 1 saturated carbocycles. The summed E-state index contributed by atoms with van der Waals surface area (Å²) < 4.78 is 7.14. The van der Waals surface area contributed by atoms with Gasteiger partial charge in [0.1, 0.15) is 12.4 Å². The molecule has 0 unspecified atom stereocenters. The minimum absolute atomic E-state index is 0.551. The van der Waals surface area contributed by atoms with Gasteiger partial charge in [0, 0.05) is 27.6 Å². The van der Waals surface area contributed by atoms with Gasteiger partial charge in [0.05, 0.1) is 0 Å². The maximum atomic E-state index is 6.05. The summed E-state index contributed by atoms with van der Waals surface area (Å²) in [6.07, 6.45) is 6.64. The third-order valence-corrected chi connectivity index (χ3v) is 5.26. The van der Waals surface area contributed by atoms with Crippen molar-refractivity contribution in [2.75, 3.05) is 0 Å². The van der Waals surface area contributed by atoms with Crippen molar-refractivity contribution < 1.29 is 4.74 Å². The first-order valence-electron chi connectivity index (χ1n) is 8.60. The number of halogens is 2. The van der Waals surface area contributed by atoms with E-state index in [2.05, 4.69) is 27.3 Å². The van der Waals surface area contributed by atoms with Crippen LogP contribution in [0.2, 0.25) is 5.02 Å². The quantitative estimate of drug-likeness (QED) is 0.623. The van der Waals surface area contributed by atoms with Gasteiger partial charge in [-0.15, -0.1) is 0 Å². The number of hydrogen-bond donors (Lipinski definition) is 1. The van der Waals surface area contributed by atoms with E-state index in [-0.39, 0.29) is 0 Å². The monoisotopic (exact) mass is 407 g/mol. The first-order chi connectivity index (χ1) is 11.7. The molecule has 128 valence electrons. The highest BCUT2D eigenvalue weighted by atomic mass is 79.9. The van der Waals surface area contributed by atoms with Crippen molar-refractivity contribution in [3.8, 4) is 5.75 Å². The van der Waals surface area contributed by atoms with Crippen molar-refractivity contribution in [2.24, 2.45) is 0 Å². The van der Waals surface area contributed by atoms with Gasteiger partial charge in [-0.25, -0.2) is 0 Å². The zero-order chi connectivity index (χ0) is 16.8.